The lowest BCUT2D eigenvalue weighted by Crippen LogP contribution is -2.53. The number of hydrogen-bond acceptors (Lipinski definition) is 3. The normalized spacial score (nSPS) is 16.6. The third-order valence-electron chi connectivity index (χ3n) is 5.02. The van der Waals surface area contributed by atoms with Crippen LogP contribution in [0.5, 0.6) is 0 Å². The quantitative estimate of drug-likeness (QED) is 0.879. The number of anilines is 1. The zero-order chi connectivity index (χ0) is 17.6. The zero-order valence-electron chi connectivity index (χ0n) is 14.8. The maximum absolute atomic E-state index is 11.8. The standard InChI is InChI=1S/C21H26N2O2/c1-2-17-8-10-18(11-9-17)16-20(21(24)25)23-14-12-22(13-15-23)19-6-4-3-5-7-19/h3-11,20H,2,12-16H2,1H3,(H,24,25). The minimum Gasteiger partial charge on any atom is -0.480 e. The molecule has 1 N–H and O–H groups in total. The van der Waals surface area contributed by atoms with E-state index in [9.17, 15) is 9.90 Å². The Bertz CT molecular complexity index is 677. The highest BCUT2D eigenvalue weighted by Gasteiger charge is 2.29. The molecule has 0 amide bonds. The smallest absolute Gasteiger partial charge is 0.321 e. The minimum atomic E-state index is -0.729. The Morgan fingerprint density at radius 1 is 0.960 bits per heavy atom. The van der Waals surface area contributed by atoms with E-state index in [4.69, 9.17) is 0 Å². The topological polar surface area (TPSA) is 43.8 Å². The Morgan fingerprint density at radius 2 is 1.56 bits per heavy atom. The molecule has 4 nitrogen and oxygen atoms in total. The van der Waals surface area contributed by atoms with Crippen LogP contribution in [0.3, 0.4) is 0 Å². The van der Waals surface area contributed by atoms with Crippen molar-refractivity contribution >= 4 is 11.7 Å². The van der Waals surface area contributed by atoms with Crippen molar-refractivity contribution in [1.29, 1.82) is 0 Å². The summed E-state index contributed by atoms with van der Waals surface area (Å²) < 4.78 is 0. The van der Waals surface area contributed by atoms with Crippen molar-refractivity contribution in [2.24, 2.45) is 0 Å². The van der Waals surface area contributed by atoms with Crippen LogP contribution >= 0.6 is 0 Å². The summed E-state index contributed by atoms with van der Waals surface area (Å²) >= 11 is 0. The number of carbonyl (C=O) groups is 1. The van der Waals surface area contributed by atoms with E-state index in [1.54, 1.807) is 0 Å². The number of para-hydroxylation sites is 1. The summed E-state index contributed by atoms with van der Waals surface area (Å²) in [6, 6.07) is 18.2. The molecule has 1 heterocycles. The Kier molecular flexibility index (Phi) is 5.71. The van der Waals surface area contributed by atoms with E-state index in [-0.39, 0.29) is 0 Å². The number of carboxylic acid groups (broad SMARTS) is 1. The van der Waals surface area contributed by atoms with E-state index < -0.39 is 12.0 Å². The maximum atomic E-state index is 11.8. The molecule has 0 saturated carbocycles. The number of nitrogens with zero attached hydrogens (tertiary/aromatic N) is 2. The number of rotatable bonds is 6. The molecule has 1 aliphatic rings. The number of piperazine rings is 1. The SMILES string of the molecule is CCc1ccc(CC(C(=O)O)N2CCN(c3ccccc3)CC2)cc1. The van der Waals surface area contributed by atoms with Gasteiger partial charge in [0.2, 0.25) is 0 Å². The molecule has 132 valence electrons. The molecule has 0 aromatic heterocycles. The van der Waals surface area contributed by atoms with Gasteiger partial charge in [-0.25, -0.2) is 0 Å². The largest absolute Gasteiger partial charge is 0.480 e. The lowest BCUT2D eigenvalue weighted by Gasteiger charge is -2.38. The molecule has 2 aromatic carbocycles. The Hall–Kier alpha value is -2.33. The molecular formula is C21H26N2O2. The summed E-state index contributed by atoms with van der Waals surface area (Å²) in [6.45, 7) is 5.41. The van der Waals surface area contributed by atoms with Crippen LogP contribution in [0.1, 0.15) is 18.1 Å². The van der Waals surface area contributed by atoms with Crippen molar-refractivity contribution in [1.82, 2.24) is 4.90 Å². The first-order valence-electron chi connectivity index (χ1n) is 9.02. The van der Waals surface area contributed by atoms with Gasteiger partial charge in [-0.1, -0.05) is 49.4 Å². The lowest BCUT2D eigenvalue weighted by atomic mass is 10.0. The van der Waals surface area contributed by atoms with Crippen LogP contribution in [0.4, 0.5) is 5.69 Å². The molecule has 3 rings (SSSR count). The van der Waals surface area contributed by atoms with Crippen molar-refractivity contribution < 1.29 is 9.90 Å². The van der Waals surface area contributed by atoms with Gasteiger partial charge in [0.25, 0.3) is 0 Å². The van der Waals surface area contributed by atoms with Crippen LogP contribution in [-0.2, 0) is 17.6 Å². The first-order valence-corrected chi connectivity index (χ1v) is 9.02. The van der Waals surface area contributed by atoms with Crippen molar-refractivity contribution in [3.63, 3.8) is 0 Å². The Morgan fingerprint density at radius 3 is 2.12 bits per heavy atom. The monoisotopic (exact) mass is 338 g/mol. The van der Waals surface area contributed by atoms with Crippen LogP contribution in [0, 0.1) is 0 Å². The third-order valence-corrected chi connectivity index (χ3v) is 5.02. The van der Waals surface area contributed by atoms with E-state index in [1.165, 1.54) is 11.3 Å². The second-order valence-electron chi connectivity index (χ2n) is 6.59. The molecular weight excluding hydrogens is 312 g/mol. The molecule has 2 aromatic rings. The van der Waals surface area contributed by atoms with Crippen LogP contribution in [0.25, 0.3) is 0 Å². The molecule has 0 radical (unpaired) electrons. The van der Waals surface area contributed by atoms with E-state index in [0.29, 0.717) is 6.42 Å². The molecule has 1 unspecified atom stereocenters. The second-order valence-corrected chi connectivity index (χ2v) is 6.59. The van der Waals surface area contributed by atoms with E-state index in [0.717, 1.165) is 38.2 Å². The highest BCUT2D eigenvalue weighted by Crippen LogP contribution is 2.18. The maximum Gasteiger partial charge on any atom is 0.321 e. The minimum absolute atomic E-state index is 0.453. The first kappa shape index (κ1) is 17.5. The Labute approximate surface area is 149 Å². The van der Waals surface area contributed by atoms with Gasteiger partial charge in [0.1, 0.15) is 6.04 Å². The molecule has 0 spiro atoms. The summed E-state index contributed by atoms with van der Waals surface area (Å²) in [5.74, 6) is -0.729. The number of aryl methyl sites for hydroxylation is 1. The van der Waals surface area contributed by atoms with Gasteiger partial charge in [0.15, 0.2) is 0 Å². The summed E-state index contributed by atoms with van der Waals surface area (Å²) in [7, 11) is 0. The van der Waals surface area contributed by atoms with Gasteiger partial charge in [-0.05, 0) is 36.1 Å². The summed E-state index contributed by atoms with van der Waals surface area (Å²) in [5, 5.41) is 9.72. The van der Waals surface area contributed by atoms with Gasteiger partial charge in [0, 0.05) is 31.9 Å². The van der Waals surface area contributed by atoms with E-state index >= 15 is 0 Å². The summed E-state index contributed by atoms with van der Waals surface area (Å²) in [4.78, 5) is 16.3. The molecule has 1 fully saturated rings. The predicted molar refractivity (Wildman–Crippen MR) is 101 cm³/mol. The fraction of sp³-hybridized carbons (Fsp3) is 0.381. The van der Waals surface area contributed by atoms with Gasteiger partial charge in [0.05, 0.1) is 0 Å². The van der Waals surface area contributed by atoms with Gasteiger partial charge < -0.3 is 10.0 Å². The van der Waals surface area contributed by atoms with Crippen LogP contribution in [-0.4, -0.2) is 48.2 Å². The number of aliphatic carboxylic acids is 1. The molecule has 0 aliphatic carbocycles. The lowest BCUT2D eigenvalue weighted by molar-refractivity contribution is -0.143. The van der Waals surface area contributed by atoms with Crippen LogP contribution in [0.15, 0.2) is 54.6 Å². The van der Waals surface area contributed by atoms with Crippen LogP contribution < -0.4 is 4.90 Å². The molecule has 1 atom stereocenters. The second kappa shape index (κ2) is 8.17. The van der Waals surface area contributed by atoms with Crippen molar-refractivity contribution in [3.8, 4) is 0 Å². The fourth-order valence-electron chi connectivity index (χ4n) is 3.44. The van der Waals surface area contributed by atoms with Gasteiger partial charge in [-0.3, -0.25) is 9.69 Å². The first-order chi connectivity index (χ1) is 12.2. The van der Waals surface area contributed by atoms with Crippen LogP contribution in [0.2, 0.25) is 0 Å². The van der Waals surface area contributed by atoms with Gasteiger partial charge in [-0.15, -0.1) is 0 Å². The Balaban J connectivity index is 1.62. The highest BCUT2D eigenvalue weighted by atomic mass is 16.4. The van der Waals surface area contributed by atoms with E-state index in [1.807, 2.05) is 18.2 Å². The summed E-state index contributed by atoms with van der Waals surface area (Å²) in [5.41, 5.74) is 3.59. The number of carboxylic acids is 1. The van der Waals surface area contributed by atoms with Crippen molar-refractivity contribution in [3.05, 3.63) is 65.7 Å². The average Bonchev–Trinajstić information content (AvgIpc) is 2.67. The number of hydrogen-bond donors (Lipinski definition) is 1. The molecule has 1 saturated heterocycles. The molecule has 4 heteroatoms. The highest BCUT2D eigenvalue weighted by molar-refractivity contribution is 5.74. The van der Waals surface area contributed by atoms with E-state index in [2.05, 4.69) is 53.1 Å². The zero-order valence-corrected chi connectivity index (χ0v) is 14.8. The molecule has 0 bridgehead atoms. The summed E-state index contributed by atoms with van der Waals surface area (Å²) in [6.07, 6.45) is 1.56. The van der Waals surface area contributed by atoms with Crippen molar-refractivity contribution in [2.75, 3.05) is 31.1 Å². The predicted octanol–water partition coefficient (Wildman–Crippen LogP) is 3.07. The third kappa shape index (κ3) is 4.40. The van der Waals surface area contributed by atoms with Gasteiger partial charge >= 0.3 is 5.97 Å². The fourth-order valence-corrected chi connectivity index (χ4v) is 3.44. The van der Waals surface area contributed by atoms with Crippen molar-refractivity contribution in [2.45, 2.75) is 25.8 Å². The average molecular weight is 338 g/mol. The molecule has 1 aliphatic heterocycles. The van der Waals surface area contributed by atoms with Gasteiger partial charge in [-0.2, -0.15) is 0 Å². The number of benzene rings is 2. The molecule has 25 heavy (non-hydrogen) atoms.